The topological polar surface area (TPSA) is 43.1 Å². The first-order valence-corrected chi connectivity index (χ1v) is 4.23. The van der Waals surface area contributed by atoms with Crippen molar-refractivity contribution in [3.05, 3.63) is 24.3 Å². The van der Waals surface area contributed by atoms with Crippen molar-refractivity contribution in [3.63, 3.8) is 0 Å². The summed E-state index contributed by atoms with van der Waals surface area (Å²) in [5.41, 5.74) is 5.86. The lowest BCUT2D eigenvalue weighted by molar-refractivity contribution is -0.114. The van der Waals surface area contributed by atoms with Crippen LogP contribution in [0.3, 0.4) is 0 Å². The maximum Gasteiger partial charge on any atom is 0.244 e. The second kappa shape index (κ2) is 5.58. The molecular formula is C10H17NO. The third-order valence-electron chi connectivity index (χ3n) is 2.00. The molecule has 2 nitrogen and oxygen atoms in total. The van der Waals surface area contributed by atoms with E-state index in [9.17, 15) is 4.79 Å². The van der Waals surface area contributed by atoms with Crippen LogP contribution in [0, 0.1) is 5.92 Å². The van der Waals surface area contributed by atoms with E-state index in [1.54, 1.807) is 6.08 Å². The summed E-state index contributed by atoms with van der Waals surface area (Å²) in [6, 6.07) is 0. The van der Waals surface area contributed by atoms with E-state index in [0.29, 0.717) is 17.9 Å². The standard InChI is InChI=1S/C10H17NO/c1-4-8(5-2)7-9(6-3)10(11)12/h4,6,8H,1,5,7H2,2-3H3,(H2,11,12)/b9-6-. The molecule has 0 aromatic carbocycles. The van der Waals surface area contributed by atoms with Gasteiger partial charge in [-0.3, -0.25) is 4.79 Å². The largest absolute Gasteiger partial charge is 0.366 e. The smallest absolute Gasteiger partial charge is 0.244 e. The molecule has 1 amide bonds. The molecule has 0 aromatic rings. The summed E-state index contributed by atoms with van der Waals surface area (Å²) in [6.45, 7) is 7.60. The van der Waals surface area contributed by atoms with Gasteiger partial charge in [0, 0.05) is 5.57 Å². The Morgan fingerprint density at radius 2 is 2.25 bits per heavy atom. The zero-order valence-electron chi connectivity index (χ0n) is 7.84. The number of allylic oxidation sites excluding steroid dienone is 2. The molecule has 1 atom stereocenters. The number of hydrogen-bond donors (Lipinski definition) is 1. The SMILES string of the molecule is C=CC(CC)C/C(=C/C)C(N)=O. The first-order valence-electron chi connectivity index (χ1n) is 4.23. The van der Waals surface area contributed by atoms with Crippen LogP contribution < -0.4 is 5.73 Å². The van der Waals surface area contributed by atoms with Gasteiger partial charge in [-0.2, -0.15) is 0 Å². The van der Waals surface area contributed by atoms with Crippen molar-refractivity contribution in [2.24, 2.45) is 11.7 Å². The zero-order valence-corrected chi connectivity index (χ0v) is 7.84. The highest BCUT2D eigenvalue weighted by molar-refractivity contribution is 5.91. The van der Waals surface area contributed by atoms with Gasteiger partial charge in [-0.05, 0) is 25.7 Å². The molecule has 0 spiro atoms. The molecule has 0 fully saturated rings. The Balaban J connectivity index is 4.20. The van der Waals surface area contributed by atoms with Crippen molar-refractivity contribution in [2.45, 2.75) is 26.7 Å². The van der Waals surface area contributed by atoms with Crippen molar-refractivity contribution >= 4 is 5.91 Å². The normalized spacial score (nSPS) is 14.0. The van der Waals surface area contributed by atoms with E-state index in [4.69, 9.17) is 5.73 Å². The predicted octanol–water partition coefficient (Wildman–Crippen LogP) is 2.02. The number of hydrogen-bond acceptors (Lipinski definition) is 1. The molecule has 2 N–H and O–H groups in total. The Morgan fingerprint density at radius 3 is 2.50 bits per heavy atom. The maximum absolute atomic E-state index is 10.8. The van der Waals surface area contributed by atoms with Gasteiger partial charge in [0.25, 0.3) is 0 Å². The molecule has 1 unspecified atom stereocenters. The second-order valence-electron chi connectivity index (χ2n) is 2.79. The molecule has 0 aliphatic heterocycles. The van der Waals surface area contributed by atoms with E-state index >= 15 is 0 Å². The quantitative estimate of drug-likeness (QED) is 0.494. The summed E-state index contributed by atoms with van der Waals surface area (Å²) in [5.74, 6) is 0.0431. The van der Waals surface area contributed by atoms with Gasteiger partial charge in [-0.1, -0.05) is 19.1 Å². The summed E-state index contributed by atoms with van der Waals surface area (Å²) >= 11 is 0. The number of nitrogens with two attached hydrogens (primary N) is 1. The number of carbonyl (C=O) groups is 1. The van der Waals surface area contributed by atoms with Gasteiger partial charge >= 0.3 is 0 Å². The van der Waals surface area contributed by atoms with E-state index in [2.05, 4.69) is 13.5 Å². The van der Waals surface area contributed by atoms with Gasteiger partial charge in [0.1, 0.15) is 0 Å². The third-order valence-corrected chi connectivity index (χ3v) is 2.00. The van der Waals surface area contributed by atoms with E-state index in [-0.39, 0.29) is 5.91 Å². The average Bonchev–Trinajstić information content (AvgIpc) is 2.06. The van der Waals surface area contributed by atoms with Gasteiger partial charge in [-0.25, -0.2) is 0 Å². The number of amides is 1. The van der Waals surface area contributed by atoms with E-state index in [1.165, 1.54) is 0 Å². The zero-order chi connectivity index (χ0) is 9.56. The minimum Gasteiger partial charge on any atom is -0.366 e. The molecule has 68 valence electrons. The van der Waals surface area contributed by atoms with Gasteiger partial charge < -0.3 is 5.73 Å². The molecule has 0 aromatic heterocycles. The number of carbonyl (C=O) groups excluding carboxylic acids is 1. The fourth-order valence-electron chi connectivity index (χ4n) is 1.04. The minimum absolute atomic E-state index is 0.321. The molecule has 0 radical (unpaired) electrons. The highest BCUT2D eigenvalue weighted by Crippen LogP contribution is 2.15. The predicted molar refractivity (Wildman–Crippen MR) is 51.5 cm³/mol. The van der Waals surface area contributed by atoms with Gasteiger partial charge in [-0.15, -0.1) is 6.58 Å². The number of primary amides is 1. The van der Waals surface area contributed by atoms with Crippen molar-refractivity contribution < 1.29 is 4.79 Å². The summed E-state index contributed by atoms with van der Waals surface area (Å²) in [4.78, 5) is 10.8. The molecule has 0 heterocycles. The molecule has 0 saturated heterocycles. The van der Waals surface area contributed by atoms with Crippen molar-refractivity contribution in [1.82, 2.24) is 0 Å². The molecule has 12 heavy (non-hydrogen) atoms. The minimum atomic E-state index is -0.321. The Bertz CT molecular complexity index is 194. The molecule has 0 aliphatic rings. The Hall–Kier alpha value is -1.05. The summed E-state index contributed by atoms with van der Waals surface area (Å²) < 4.78 is 0. The highest BCUT2D eigenvalue weighted by atomic mass is 16.1. The van der Waals surface area contributed by atoms with Crippen LogP contribution in [0.1, 0.15) is 26.7 Å². The molecule has 0 rings (SSSR count). The lowest BCUT2D eigenvalue weighted by atomic mass is 9.96. The van der Waals surface area contributed by atoms with Crippen molar-refractivity contribution in [1.29, 1.82) is 0 Å². The van der Waals surface area contributed by atoms with Crippen LogP contribution in [0.25, 0.3) is 0 Å². The van der Waals surface area contributed by atoms with Gasteiger partial charge in [0.05, 0.1) is 0 Å². The fourth-order valence-corrected chi connectivity index (χ4v) is 1.04. The lowest BCUT2D eigenvalue weighted by Crippen LogP contribution is -2.15. The van der Waals surface area contributed by atoms with Crippen LogP contribution in [0.5, 0.6) is 0 Å². The average molecular weight is 167 g/mol. The third kappa shape index (κ3) is 3.37. The monoisotopic (exact) mass is 167 g/mol. The van der Waals surface area contributed by atoms with E-state index < -0.39 is 0 Å². The summed E-state index contributed by atoms with van der Waals surface area (Å²) in [5, 5.41) is 0. The Morgan fingerprint density at radius 1 is 1.67 bits per heavy atom. The second-order valence-corrected chi connectivity index (χ2v) is 2.79. The van der Waals surface area contributed by atoms with Crippen LogP contribution in [-0.4, -0.2) is 5.91 Å². The Kier molecular flexibility index (Phi) is 5.09. The molecule has 0 aliphatic carbocycles. The maximum atomic E-state index is 10.8. The van der Waals surface area contributed by atoms with Crippen LogP contribution >= 0.6 is 0 Å². The van der Waals surface area contributed by atoms with E-state index in [0.717, 1.165) is 6.42 Å². The molecule has 2 heteroatoms. The van der Waals surface area contributed by atoms with Crippen LogP contribution in [0.15, 0.2) is 24.3 Å². The van der Waals surface area contributed by atoms with E-state index in [1.807, 2.05) is 13.0 Å². The van der Waals surface area contributed by atoms with Crippen molar-refractivity contribution in [3.8, 4) is 0 Å². The van der Waals surface area contributed by atoms with Gasteiger partial charge in [0.2, 0.25) is 5.91 Å². The van der Waals surface area contributed by atoms with Crippen LogP contribution in [-0.2, 0) is 4.79 Å². The summed E-state index contributed by atoms with van der Waals surface area (Å²) in [7, 11) is 0. The van der Waals surface area contributed by atoms with Crippen molar-refractivity contribution in [2.75, 3.05) is 0 Å². The number of rotatable bonds is 5. The first kappa shape index (κ1) is 11.0. The fraction of sp³-hybridized carbons (Fsp3) is 0.500. The Labute approximate surface area is 74.1 Å². The molecule has 0 saturated carbocycles. The van der Waals surface area contributed by atoms with Crippen LogP contribution in [0.2, 0.25) is 0 Å². The molecular weight excluding hydrogens is 150 g/mol. The van der Waals surface area contributed by atoms with Gasteiger partial charge in [0.15, 0.2) is 0 Å². The summed E-state index contributed by atoms with van der Waals surface area (Å²) in [6.07, 6.45) is 5.35. The highest BCUT2D eigenvalue weighted by Gasteiger charge is 2.08. The lowest BCUT2D eigenvalue weighted by Gasteiger charge is -2.09. The molecule has 0 bridgehead atoms. The first-order chi connectivity index (χ1) is 5.65. The van der Waals surface area contributed by atoms with Crippen LogP contribution in [0.4, 0.5) is 0 Å².